The van der Waals surface area contributed by atoms with Crippen LogP contribution >= 0.6 is 22.6 Å². The fourth-order valence-corrected chi connectivity index (χ4v) is 2.30. The number of halogens is 1. The second-order valence-electron chi connectivity index (χ2n) is 3.61. The summed E-state index contributed by atoms with van der Waals surface area (Å²) in [4.78, 5) is 11.0. The summed E-state index contributed by atoms with van der Waals surface area (Å²) in [5.74, 6) is -0.0129. The fraction of sp³-hybridized carbons (Fsp3) is 0.900. The summed E-state index contributed by atoms with van der Waals surface area (Å²) in [7, 11) is 0. The molecule has 1 rings (SSSR count). The van der Waals surface area contributed by atoms with E-state index in [2.05, 4.69) is 29.5 Å². The van der Waals surface area contributed by atoms with E-state index in [1.165, 1.54) is 25.7 Å². The number of ether oxygens (including phenoxy) is 1. The van der Waals surface area contributed by atoms with E-state index in [0.29, 0.717) is 0 Å². The highest BCUT2D eigenvalue weighted by atomic mass is 127. The third-order valence-corrected chi connectivity index (χ3v) is 3.41. The van der Waals surface area contributed by atoms with Crippen LogP contribution in [0.4, 0.5) is 0 Å². The van der Waals surface area contributed by atoms with Gasteiger partial charge in [0, 0.05) is 6.42 Å². The van der Waals surface area contributed by atoms with E-state index >= 15 is 0 Å². The Kier molecular flexibility index (Phi) is 5.06. The van der Waals surface area contributed by atoms with Crippen LogP contribution in [-0.2, 0) is 9.53 Å². The van der Waals surface area contributed by atoms with Crippen molar-refractivity contribution in [1.29, 1.82) is 0 Å². The number of cyclic esters (lactones) is 1. The molecule has 1 heterocycles. The Hall–Kier alpha value is 0.200. The number of alkyl halides is 1. The molecule has 0 aromatic carbocycles. The maximum atomic E-state index is 11.0. The van der Waals surface area contributed by atoms with Crippen LogP contribution in [0.2, 0.25) is 0 Å². The predicted octanol–water partition coefficient (Wildman–Crippen LogP) is 3.08. The maximum absolute atomic E-state index is 11.0. The Morgan fingerprint density at radius 1 is 1.46 bits per heavy atom. The van der Waals surface area contributed by atoms with Crippen molar-refractivity contribution >= 4 is 28.6 Å². The van der Waals surface area contributed by atoms with Crippen LogP contribution in [0.15, 0.2) is 0 Å². The zero-order chi connectivity index (χ0) is 9.68. The molecule has 0 amide bonds. The molecule has 76 valence electrons. The zero-order valence-electron chi connectivity index (χ0n) is 8.09. The number of esters is 1. The number of unbranched alkanes of at least 4 members (excludes halogenated alkanes) is 3. The van der Waals surface area contributed by atoms with Gasteiger partial charge in [-0.1, -0.05) is 48.8 Å². The molecule has 1 saturated heterocycles. The zero-order valence-corrected chi connectivity index (χ0v) is 10.2. The number of carbonyl (C=O) groups is 1. The molecule has 0 aliphatic carbocycles. The van der Waals surface area contributed by atoms with Gasteiger partial charge in [-0.2, -0.15) is 0 Å². The predicted molar refractivity (Wildman–Crippen MR) is 61.1 cm³/mol. The average Bonchev–Trinajstić information content (AvgIpc) is 2.41. The lowest BCUT2D eigenvalue weighted by Gasteiger charge is -2.07. The van der Waals surface area contributed by atoms with Gasteiger partial charge in [0.2, 0.25) is 0 Å². The normalized spacial score (nSPS) is 27.7. The molecule has 0 bridgehead atoms. The lowest BCUT2D eigenvalue weighted by Crippen LogP contribution is -2.06. The van der Waals surface area contributed by atoms with Crippen LogP contribution in [0, 0.1) is 0 Å². The van der Waals surface area contributed by atoms with Gasteiger partial charge >= 0.3 is 5.97 Å². The topological polar surface area (TPSA) is 26.3 Å². The smallest absolute Gasteiger partial charge is 0.319 e. The van der Waals surface area contributed by atoms with Crippen LogP contribution in [0.5, 0.6) is 0 Å². The number of rotatable bonds is 5. The van der Waals surface area contributed by atoms with Crippen molar-refractivity contribution in [2.45, 2.75) is 55.5 Å². The first-order valence-corrected chi connectivity index (χ1v) is 6.33. The van der Waals surface area contributed by atoms with Crippen molar-refractivity contribution in [2.75, 3.05) is 0 Å². The van der Waals surface area contributed by atoms with Crippen molar-refractivity contribution in [3.63, 3.8) is 0 Å². The Labute approximate surface area is 93.6 Å². The summed E-state index contributed by atoms with van der Waals surface area (Å²) in [6.07, 6.45) is 7.24. The highest BCUT2D eigenvalue weighted by Gasteiger charge is 2.31. The van der Waals surface area contributed by atoms with E-state index in [9.17, 15) is 4.79 Å². The van der Waals surface area contributed by atoms with Gasteiger partial charge in [-0.25, -0.2) is 0 Å². The molecule has 0 N–H and O–H groups in total. The maximum Gasteiger partial charge on any atom is 0.319 e. The van der Waals surface area contributed by atoms with Gasteiger partial charge in [-0.05, 0) is 12.8 Å². The molecule has 0 aromatic rings. The molecule has 2 unspecified atom stereocenters. The Morgan fingerprint density at radius 2 is 2.23 bits per heavy atom. The quantitative estimate of drug-likeness (QED) is 0.337. The third kappa shape index (κ3) is 3.83. The van der Waals surface area contributed by atoms with Crippen LogP contribution in [0.3, 0.4) is 0 Å². The molecule has 2 atom stereocenters. The molecule has 3 heteroatoms. The van der Waals surface area contributed by atoms with Gasteiger partial charge < -0.3 is 4.74 Å². The largest absolute Gasteiger partial charge is 0.462 e. The van der Waals surface area contributed by atoms with E-state index in [1.807, 2.05) is 0 Å². The first kappa shape index (κ1) is 11.3. The fourth-order valence-electron chi connectivity index (χ4n) is 1.59. The van der Waals surface area contributed by atoms with Gasteiger partial charge in [0.1, 0.15) is 10.0 Å². The van der Waals surface area contributed by atoms with Gasteiger partial charge in [0.25, 0.3) is 0 Å². The molecule has 1 fully saturated rings. The highest BCUT2D eigenvalue weighted by Crippen LogP contribution is 2.25. The monoisotopic (exact) mass is 296 g/mol. The van der Waals surface area contributed by atoms with Crippen molar-refractivity contribution in [3.8, 4) is 0 Å². The van der Waals surface area contributed by atoms with Crippen LogP contribution in [0.25, 0.3) is 0 Å². The van der Waals surface area contributed by atoms with E-state index in [4.69, 9.17) is 4.74 Å². The van der Waals surface area contributed by atoms with Gasteiger partial charge in [0.15, 0.2) is 0 Å². The first-order valence-electron chi connectivity index (χ1n) is 5.08. The van der Waals surface area contributed by atoms with E-state index in [-0.39, 0.29) is 16.0 Å². The van der Waals surface area contributed by atoms with Gasteiger partial charge in [0.05, 0.1) is 0 Å². The standard InChI is InChI=1S/C10H17IO2/c1-2-3-4-5-6-8-7-9(11)10(12)13-8/h8-9H,2-7H2,1H3. The average molecular weight is 296 g/mol. The molecule has 0 saturated carbocycles. The molecule has 1 aliphatic heterocycles. The van der Waals surface area contributed by atoms with Crippen molar-refractivity contribution in [2.24, 2.45) is 0 Å². The lowest BCUT2D eigenvalue weighted by atomic mass is 10.1. The molecule has 0 spiro atoms. The molecule has 2 nitrogen and oxygen atoms in total. The van der Waals surface area contributed by atoms with Gasteiger partial charge in [-0.3, -0.25) is 4.79 Å². The molecular formula is C10H17IO2. The van der Waals surface area contributed by atoms with Crippen LogP contribution in [-0.4, -0.2) is 16.0 Å². The number of hydrogen-bond acceptors (Lipinski definition) is 2. The van der Waals surface area contributed by atoms with Crippen LogP contribution < -0.4 is 0 Å². The summed E-state index contributed by atoms with van der Waals surface area (Å²) < 4.78 is 5.31. The number of carbonyl (C=O) groups excluding carboxylic acids is 1. The summed E-state index contributed by atoms with van der Waals surface area (Å²) in [5.41, 5.74) is 0. The summed E-state index contributed by atoms with van der Waals surface area (Å²) in [6.45, 7) is 2.20. The van der Waals surface area contributed by atoms with Crippen molar-refractivity contribution in [3.05, 3.63) is 0 Å². The molecule has 0 aromatic heterocycles. The van der Waals surface area contributed by atoms with Gasteiger partial charge in [-0.15, -0.1) is 0 Å². The second kappa shape index (κ2) is 5.83. The minimum atomic E-state index is -0.0129. The van der Waals surface area contributed by atoms with E-state index in [0.717, 1.165) is 12.8 Å². The SMILES string of the molecule is CCCCCCC1CC(I)C(=O)O1. The number of hydrogen-bond donors (Lipinski definition) is 0. The lowest BCUT2D eigenvalue weighted by molar-refractivity contribution is -0.141. The Balaban J connectivity index is 2.07. The Bertz CT molecular complexity index is 170. The van der Waals surface area contributed by atoms with E-state index < -0.39 is 0 Å². The first-order chi connectivity index (χ1) is 6.24. The molecule has 0 radical (unpaired) electrons. The second-order valence-corrected chi connectivity index (χ2v) is 5.12. The van der Waals surface area contributed by atoms with Crippen molar-refractivity contribution < 1.29 is 9.53 Å². The Morgan fingerprint density at radius 3 is 2.77 bits per heavy atom. The minimum Gasteiger partial charge on any atom is -0.462 e. The summed E-state index contributed by atoms with van der Waals surface area (Å²) in [5, 5.41) is 0. The van der Waals surface area contributed by atoms with Crippen molar-refractivity contribution in [1.82, 2.24) is 0 Å². The molecule has 13 heavy (non-hydrogen) atoms. The summed E-state index contributed by atoms with van der Waals surface area (Å²) >= 11 is 2.17. The van der Waals surface area contributed by atoms with Crippen LogP contribution in [0.1, 0.15) is 45.4 Å². The molecule has 1 aliphatic rings. The summed E-state index contributed by atoms with van der Waals surface area (Å²) in [6, 6.07) is 0. The molecular weight excluding hydrogens is 279 g/mol. The highest BCUT2D eigenvalue weighted by molar-refractivity contribution is 14.1. The third-order valence-electron chi connectivity index (χ3n) is 2.39. The minimum absolute atomic E-state index is 0.0129. The van der Waals surface area contributed by atoms with E-state index in [1.54, 1.807) is 0 Å².